The molecule has 88 valence electrons. The van der Waals surface area contributed by atoms with Crippen LogP contribution in [0.4, 0.5) is 0 Å². The molecule has 0 saturated heterocycles. The van der Waals surface area contributed by atoms with Crippen LogP contribution >= 0.6 is 0 Å². The molecule has 0 spiro atoms. The number of benzene rings is 1. The Labute approximate surface area is 99.1 Å². The van der Waals surface area contributed by atoms with Crippen LogP contribution in [0, 0.1) is 0 Å². The highest BCUT2D eigenvalue weighted by atomic mass is 16.4. The molecule has 0 radical (unpaired) electrons. The maximum absolute atomic E-state index is 9.23. The molecule has 0 bridgehead atoms. The van der Waals surface area contributed by atoms with Gasteiger partial charge in [0.05, 0.1) is 5.69 Å². The maximum atomic E-state index is 9.23. The zero-order valence-electron chi connectivity index (χ0n) is 9.39. The molecule has 1 aromatic heterocycles. The minimum Gasteiger partial charge on any atom is -0.508 e. The SMILES string of the molecule is NC1CCc2nc(-c3ccc(O)cc3)oc2C1. The van der Waals surface area contributed by atoms with E-state index in [0.717, 1.165) is 36.3 Å². The summed E-state index contributed by atoms with van der Waals surface area (Å²) < 4.78 is 5.73. The van der Waals surface area contributed by atoms with E-state index in [1.165, 1.54) is 0 Å². The summed E-state index contributed by atoms with van der Waals surface area (Å²) >= 11 is 0. The van der Waals surface area contributed by atoms with E-state index in [9.17, 15) is 5.11 Å². The topological polar surface area (TPSA) is 72.3 Å². The van der Waals surface area contributed by atoms with Crippen molar-refractivity contribution in [3.05, 3.63) is 35.7 Å². The van der Waals surface area contributed by atoms with Crippen molar-refractivity contribution < 1.29 is 9.52 Å². The predicted octanol–water partition coefficient (Wildman–Crippen LogP) is 1.86. The lowest BCUT2D eigenvalue weighted by Crippen LogP contribution is -2.27. The van der Waals surface area contributed by atoms with Gasteiger partial charge < -0.3 is 15.3 Å². The molecule has 1 aromatic carbocycles. The van der Waals surface area contributed by atoms with E-state index in [-0.39, 0.29) is 11.8 Å². The van der Waals surface area contributed by atoms with Crippen LogP contribution in [0.3, 0.4) is 0 Å². The Kier molecular flexibility index (Phi) is 2.37. The second-order valence-electron chi connectivity index (χ2n) is 4.44. The number of aromatic hydroxyl groups is 1. The molecule has 3 rings (SSSR count). The van der Waals surface area contributed by atoms with Crippen molar-refractivity contribution in [2.75, 3.05) is 0 Å². The normalized spacial score (nSPS) is 19.0. The van der Waals surface area contributed by atoms with E-state index in [1.807, 2.05) is 0 Å². The first-order chi connectivity index (χ1) is 8.22. The van der Waals surface area contributed by atoms with Gasteiger partial charge in [0.2, 0.25) is 5.89 Å². The third kappa shape index (κ3) is 1.91. The molecule has 4 heteroatoms. The third-order valence-corrected chi connectivity index (χ3v) is 3.09. The van der Waals surface area contributed by atoms with Crippen LogP contribution in [0.1, 0.15) is 17.9 Å². The monoisotopic (exact) mass is 230 g/mol. The Balaban J connectivity index is 1.97. The lowest BCUT2D eigenvalue weighted by molar-refractivity contribution is 0.456. The van der Waals surface area contributed by atoms with Gasteiger partial charge in [0, 0.05) is 18.0 Å². The van der Waals surface area contributed by atoms with Gasteiger partial charge in [-0.15, -0.1) is 0 Å². The van der Waals surface area contributed by atoms with E-state index in [0.29, 0.717) is 5.89 Å². The molecule has 0 amide bonds. The number of aryl methyl sites for hydroxylation is 1. The van der Waals surface area contributed by atoms with E-state index < -0.39 is 0 Å². The van der Waals surface area contributed by atoms with E-state index in [4.69, 9.17) is 10.2 Å². The van der Waals surface area contributed by atoms with Crippen molar-refractivity contribution >= 4 is 0 Å². The zero-order chi connectivity index (χ0) is 11.8. The molecule has 1 unspecified atom stereocenters. The molecule has 1 heterocycles. The zero-order valence-corrected chi connectivity index (χ0v) is 9.39. The molecule has 1 atom stereocenters. The van der Waals surface area contributed by atoms with Crippen molar-refractivity contribution in [2.24, 2.45) is 5.73 Å². The van der Waals surface area contributed by atoms with Gasteiger partial charge in [-0.1, -0.05) is 0 Å². The second kappa shape index (κ2) is 3.89. The first kappa shape index (κ1) is 10.4. The summed E-state index contributed by atoms with van der Waals surface area (Å²) in [6.07, 6.45) is 2.62. The Morgan fingerprint density at radius 3 is 2.82 bits per heavy atom. The van der Waals surface area contributed by atoms with Crippen LogP contribution in [-0.2, 0) is 12.8 Å². The lowest BCUT2D eigenvalue weighted by Gasteiger charge is -2.14. The smallest absolute Gasteiger partial charge is 0.226 e. The molecule has 1 aliphatic rings. The molecule has 2 aromatic rings. The van der Waals surface area contributed by atoms with Gasteiger partial charge in [-0.25, -0.2) is 4.98 Å². The molecule has 0 fully saturated rings. The number of rotatable bonds is 1. The highest BCUT2D eigenvalue weighted by Crippen LogP contribution is 2.27. The minimum atomic E-state index is 0.183. The maximum Gasteiger partial charge on any atom is 0.226 e. The number of nitrogens with zero attached hydrogens (tertiary/aromatic N) is 1. The van der Waals surface area contributed by atoms with E-state index in [1.54, 1.807) is 24.3 Å². The number of hydrogen-bond donors (Lipinski definition) is 2. The van der Waals surface area contributed by atoms with Crippen LogP contribution in [0.2, 0.25) is 0 Å². The van der Waals surface area contributed by atoms with Crippen LogP contribution < -0.4 is 5.73 Å². The third-order valence-electron chi connectivity index (χ3n) is 3.09. The van der Waals surface area contributed by atoms with Crippen LogP contribution in [0.25, 0.3) is 11.5 Å². The Morgan fingerprint density at radius 2 is 2.06 bits per heavy atom. The number of phenolic OH excluding ortho intramolecular Hbond substituents is 1. The molecule has 0 saturated carbocycles. The fourth-order valence-corrected chi connectivity index (χ4v) is 2.13. The largest absolute Gasteiger partial charge is 0.508 e. The fourth-order valence-electron chi connectivity index (χ4n) is 2.13. The molecular formula is C13H14N2O2. The summed E-state index contributed by atoms with van der Waals surface area (Å²) in [5, 5.41) is 9.23. The molecule has 17 heavy (non-hydrogen) atoms. The molecule has 0 aliphatic heterocycles. The first-order valence-electron chi connectivity index (χ1n) is 5.76. The minimum absolute atomic E-state index is 0.183. The lowest BCUT2D eigenvalue weighted by atomic mass is 9.98. The number of oxazole rings is 1. The second-order valence-corrected chi connectivity index (χ2v) is 4.44. The van der Waals surface area contributed by atoms with Gasteiger partial charge in [0.1, 0.15) is 11.5 Å². The quantitative estimate of drug-likeness (QED) is 0.784. The summed E-state index contributed by atoms with van der Waals surface area (Å²) in [6.45, 7) is 0. The molecule has 3 N–H and O–H groups in total. The fraction of sp³-hybridized carbons (Fsp3) is 0.308. The average molecular weight is 230 g/mol. The number of hydrogen-bond acceptors (Lipinski definition) is 4. The summed E-state index contributed by atoms with van der Waals surface area (Å²) in [6, 6.07) is 7.04. The number of fused-ring (bicyclic) bond motifs is 1. The van der Waals surface area contributed by atoms with Gasteiger partial charge in [0.15, 0.2) is 0 Å². The van der Waals surface area contributed by atoms with Crippen LogP contribution in [0.5, 0.6) is 5.75 Å². The Hall–Kier alpha value is -1.81. The van der Waals surface area contributed by atoms with Crippen molar-refractivity contribution in [1.29, 1.82) is 0 Å². The molecular weight excluding hydrogens is 216 g/mol. The first-order valence-corrected chi connectivity index (χ1v) is 5.76. The predicted molar refractivity (Wildman–Crippen MR) is 63.6 cm³/mol. The highest BCUT2D eigenvalue weighted by Gasteiger charge is 2.22. The van der Waals surface area contributed by atoms with Gasteiger partial charge in [-0.3, -0.25) is 0 Å². The van der Waals surface area contributed by atoms with Crippen molar-refractivity contribution in [2.45, 2.75) is 25.3 Å². The Bertz CT molecular complexity index is 531. The van der Waals surface area contributed by atoms with Gasteiger partial charge in [0.25, 0.3) is 0 Å². The summed E-state index contributed by atoms with van der Waals surface area (Å²) in [7, 11) is 0. The van der Waals surface area contributed by atoms with E-state index in [2.05, 4.69) is 4.98 Å². The number of aromatic nitrogens is 1. The summed E-state index contributed by atoms with van der Waals surface area (Å²) in [5.74, 6) is 1.77. The van der Waals surface area contributed by atoms with Crippen molar-refractivity contribution in [3.8, 4) is 17.2 Å². The van der Waals surface area contributed by atoms with Crippen LogP contribution in [0.15, 0.2) is 28.7 Å². The highest BCUT2D eigenvalue weighted by molar-refractivity contribution is 5.55. The van der Waals surface area contributed by atoms with E-state index >= 15 is 0 Å². The molecule has 4 nitrogen and oxygen atoms in total. The van der Waals surface area contributed by atoms with Gasteiger partial charge in [-0.2, -0.15) is 0 Å². The number of phenols is 1. The summed E-state index contributed by atoms with van der Waals surface area (Å²) in [5.41, 5.74) is 7.80. The number of nitrogens with two attached hydrogens (primary N) is 1. The van der Waals surface area contributed by atoms with Crippen molar-refractivity contribution in [1.82, 2.24) is 4.98 Å². The van der Waals surface area contributed by atoms with Crippen LogP contribution in [-0.4, -0.2) is 16.1 Å². The van der Waals surface area contributed by atoms with Crippen molar-refractivity contribution in [3.63, 3.8) is 0 Å². The summed E-state index contributed by atoms with van der Waals surface area (Å²) in [4.78, 5) is 4.48. The van der Waals surface area contributed by atoms with Gasteiger partial charge >= 0.3 is 0 Å². The Morgan fingerprint density at radius 1 is 1.29 bits per heavy atom. The molecule has 1 aliphatic carbocycles. The average Bonchev–Trinajstić information content (AvgIpc) is 2.72. The standard InChI is InChI=1S/C13H14N2O2/c14-9-3-6-11-12(7-9)17-13(15-11)8-1-4-10(16)5-2-8/h1-2,4-5,9,16H,3,6-7,14H2. The van der Waals surface area contributed by atoms with Gasteiger partial charge in [-0.05, 0) is 37.1 Å².